The van der Waals surface area contributed by atoms with E-state index in [2.05, 4.69) is 33.0 Å². The number of thiophene rings is 1. The Morgan fingerprint density at radius 2 is 1.92 bits per heavy atom. The van der Waals surface area contributed by atoms with Crippen molar-refractivity contribution in [3.05, 3.63) is 86.3 Å². The highest BCUT2D eigenvalue weighted by atomic mass is 32.2. The molecule has 0 saturated carbocycles. The lowest BCUT2D eigenvalue weighted by atomic mass is 9.86. The summed E-state index contributed by atoms with van der Waals surface area (Å²) in [4.78, 5) is 33.9. The highest BCUT2D eigenvalue weighted by molar-refractivity contribution is 7.99. The van der Waals surface area contributed by atoms with Crippen molar-refractivity contribution in [1.29, 1.82) is 0 Å². The third-order valence-electron chi connectivity index (χ3n) is 7.26. The molecule has 0 spiro atoms. The van der Waals surface area contributed by atoms with Gasteiger partial charge in [0.15, 0.2) is 5.16 Å². The Balaban J connectivity index is 1.43. The molecule has 0 fully saturated rings. The van der Waals surface area contributed by atoms with Crippen LogP contribution in [0.5, 0.6) is 0 Å². The van der Waals surface area contributed by atoms with Crippen LogP contribution in [0.4, 0.5) is 10.1 Å². The van der Waals surface area contributed by atoms with E-state index in [1.807, 2.05) is 24.3 Å². The largest absolute Gasteiger partial charge is 0.325 e. The number of aryl methyl sites for hydroxylation is 2. The lowest BCUT2D eigenvalue weighted by Crippen LogP contribution is -2.26. The van der Waals surface area contributed by atoms with E-state index >= 15 is 0 Å². The number of carbonyl (C=O) groups is 1. The van der Waals surface area contributed by atoms with Gasteiger partial charge in [-0.2, -0.15) is 0 Å². The predicted octanol–water partition coefficient (Wildman–Crippen LogP) is 6.99. The van der Waals surface area contributed by atoms with Crippen LogP contribution in [0.1, 0.15) is 55.7 Å². The van der Waals surface area contributed by atoms with Gasteiger partial charge < -0.3 is 5.32 Å². The van der Waals surface area contributed by atoms with E-state index in [9.17, 15) is 14.0 Å². The summed E-state index contributed by atoms with van der Waals surface area (Å²) in [6.45, 7) is 9.01. The first-order valence-electron chi connectivity index (χ1n) is 13.4. The van der Waals surface area contributed by atoms with Crippen molar-refractivity contribution in [2.45, 2.75) is 70.5 Å². The molecule has 4 aromatic rings. The number of nitrogens with one attached hydrogen (secondary N) is 1. The van der Waals surface area contributed by atoms with Gasteiger partial charge in [0.05, 0.1) is 11.1 Å². The molecule has 8 heteroatoms. The van der Waals surface area contributed by atoms with Gasteiger partial charge in [0.1, 0.15) is 10.6 Å². The minimum atomic E-state index is -0.284. The first-order chi connectivity index (χ1) is 18.6. The van der Waals surface area contributed by atoms with Crippen molar-refractivity contribution in [1.82, 2.24) is 9.55 Å². The van der Waals surface area contributed by atoms with Gasteiger partial charge in [-0.3, -0.25) is 14.2 Å². The number of anilines is 1. The van der Waals surface area contributed by atoms with Crippen molar-refractivity contribution in [2.24, 2.45) is 5.92 Å². The Morgan fingerprint density at radius 3 is 2.67 bits per heavy atom. The molecule has 1 N–H and O–H groups in total. The van der Waals surface area contributed by atoms with Gasteiger partial charge in [0.2, 0.25) is 5.91 Å². The summed E-state index contributed by atoms with van der Waals surface area (Å²) in [5, 5.41) is 4.33. The molecule has 5 nitrogen and oxygen atoms in total. The number of halogens is 1. The molecule has 1 aliphatic carbocycles. The summed E-state index contributed by atoms with van der Waals surface area (Å²) in [6.07, 6.45) is 3.51. The van der Waals surface area contributed by atoms with E-state index in [0.717, 1.165) is 51.9 Å². The van der Waals surface area contributed by atoms with E-state index in [4.69, 9.17) is 4.98 Å². The molecule has 1 aliphatic rings. The number of fused-ring (bicyclic) bond motifs is 3. The zero-order valence-corrected chi connectivity index (χ0v) is 24.5. The van der Waals surface area contributed by atoms with Gasteiger partial charge in [-0.1, -0.05) is 69.8 Å². The number of amides is 1. The standard InChI is InChI=1S/C31H34FN3O2S2/c1-19-9-14-22-25(17-19)39-28-27(22)29(37)35(16-15-20-10-12-21(32)13-11-20)30(34-28)38-18-26(36)33-24-8-6-5-7-23(24)31(2,3)4/h5-8,10-13,19H,9,14-18H2,1-4H3,(H,33,36)/t19-/m0/s1. The van der Waals surface area contributed by atoms with E-state index in [1.165, 1.54) is 28.8 Å². The maximum absolute atomic E-state index is 13.9. The van der Waals surface area contributed by atoms with Gasteiger partial charge in [0, 0.05) is 17.1 Å². The number of hydrogen-bond acceptors (Lipinski definition) is 5. The third kappa shape index (κ3) is 6.12. The number of carbonyl (C=O) groups excluding carboxylic acids is 1. The van der Waals surface area contributed by atoms with Crippen molar-refractivity contribution >= 4 is 44.9 Å². The fourth-order valence-electron chi connectivity index (χ4n) is 5.17. The van der Waals surface area contributed by atoms with Gasteiger partial charge in [0.25, 0.3) is 5.56 Å². The molecular weight excluding hydrogens is 529 g/mol. The van der Waals surface area contributed by atoms with Crippen molar-refractivity contribution < 1.29 is 9.18 Å². The van der Waals surface area contributed by atoms with Crippen LogP contribution in [0.15, 0.2) is 58.5 Å². The Kier molecular flexibility index (Phi) is 7.96. The number of aromatic nitrogens is 2. The van der Waals surface area contributed by atoms with Crippen LogP contribution < -0.4 is 10.9 Å². The van der Waals surface area contributed by atoms with Crippen LogP contribution in [0.3, 0.4) is 0 Å². The van der Waals surface area contributed by atoms with E-state index < -0.39 is 0 Å². The number of thioether (sulfide) groups is 1. The molecule has 0 radical (unpaired) electrons. The van der Waals surface area contributed by atoms with Gasteiger partial charge in [-0.05, 0) is 71.9 Å². The highest BCUT2D eigenvalue weighted by Gasteiger charge is 2.25. The highest BCUT2D eigenvalue weighted by Crippen LogP contribution is 2.37. The smallest absolute Gasteiger partial charge is 0.263 e. The SMILES string of the molecule is C[C@H]1CCc2c(sc3nc(SCC(=O)Nc4ccccc4C(C)(C)C)n(CCc4ccc(F)cc4)c(=O)c23)C1. The number of benzene rings is 2. The Bertz CT molecular complexity index is 1570. The van der Waals surface area contributed by atoms with E-state index in [1.54, 1.807) is 28.0 Å². The number of para-hydroxylation sites is 1. The normalized spacial score (nSPS) is 15.4. The summed E-state index contributed by atoms with van der Waals surface area (Å²) < 4.78 is 15.1. The molecule has 39 heavy (non-hydrogen) atoms. The summed E-state index contributed by atoms with van der Waals surface area (Å²) in [5.41, 5.74) is 3.80. The first kappa shape index (κ1) is 27.6. The average molecular weight is 564 g/mol. The minimum Gasteiger partial charge on any atom is -0.325 e. The molecule has 0 bridgehead atoms. The minimum absolute atomic E-state index is 0.0462. The zero-order chi connectivity index (χ0) is 27.7. The van der Waals surface area contributed by atoms with Gasteiger partial charge >= 0.3 is 0 Å². The molecule has 1 amide bonds. The monoisotopic (exact) mass is 563 g/mol. The van der Waals surface area contributed by atoms with Crippen LogP contribution in [0.2, 0.25) is 0 Å². The molecule has 1 atom stereocenters. The van der Waals surface area contributed by atoms with Crippen LogP contribution in [-0.2, 0) is 36.0 Å². The van der Waals surface area contributed by atoms with Gasteiger partial charge in [-0.25, -0.2) is 9.37 Å². The summed E-state index contributed by atoms with van der Waals surface area (Å²) >= 11 is 2.91. The number of nitrogens with zero attached hydrogens (tertiary/aromatic N) is 2. The van der Waals surface area contributed by atoms with Crippen LogP contribution in [0.25, 0.3) is 10.2 Å². The maximum Gasteiger partial charge on any atom is 0.263 e. The fourth-order valence-corrected chi connectivity index (χ4v) is 7.42. The lowest BCUT2D eigenvalue weighted by molar-refractivity contribution is -0.113. The molecule has 204 valence electrons. The molecule has 0 unspecified atom stereocenters. The summed E-state index contributed by atoms with van der Waals surface area (Å²) in [5.74, 6) is 0.304. The Labute approximate surface area is 236 Å². The van der Waals surface area contributed by atoms with Crippen molar-refractivity contribution in [3.8, 4) is 0 Å². The lowest BCUT2D eigenvalue weighted by Gasteiger charge is -2.23. The van der Waals surface area contributed by atoms with Crippen LogP contribution in [-0.4, -0.2) is 21.2 Å². The van der Waals surface area contributed by atoms with Crippen molar-refractivity contribution in [3.63, 3.8) is 0 Å². The zero-order valence-electron chi connectivity index (χ0n) is 22.8. The Hall–Kier alpha value is -2.97. The third-order valence-corrected chi connectivity index (χ3v) is 9.38. The molecule has 2 aromatic carbocycles. The van der Waals surface area contributed by atoms with Crippen LogP contribution >= 0.6 is 23.1 Å². The topological polar surface area (TPSA) is 64.0 Å². The molecular formula is C31H34FN3O2S2. The molecule has 5 rings (SSSR count). The molecule has 2 heterocycles. The number of rotatable bonds is 7. The first-order valence-corrected chi connectivity index (χ1v) is 15.2. The number of hydrogen-bond donors (Lipinski definition) is 1. The van der Waals surface area contributed by atoms with E-state index in [0.29, 0.717) is 24.0 Å². The molecule has 0 aliphatic heterocycles. The average Bonchev–Trinajstić information content (AvgIpc) is 3.25. The van der Waals surface area contributed by atoms with Gasteiger partial charge in [-0.15, -0.1) is 11.3 Å². The summed E-state index contributed by atoms with van der Waals surface area (Å²) in [6, 6.07) is 14.2. The second kappa shape index (κ2) is 11.3. The predicted molar refractivity (Wildman–Crippen MR) is 160 cm³/mol. The quantitative estimate of drug-likeness (QED) is 0.194. The second-order valence-electron chi connectivity index (χ2n) is 11.4. The molecule has 0 saturated heterocycles. The fraction of sp³-hybridized carbons (Fsp3) is 0.387. The summed E-state index contributed by atoms with van der Waals surface area (Å²) in [7, 11) is 0. The van der Waals surface area contributed by atoms with Crippen molar-refractivity contribution in [2.75, 3.05) is 11.1 Å². The molecule has 2 aromatic heterocycles. The van der Waals surface area contributed by atoms with E-state index in [-0.39, 0.29) is 28.5 Å². The van der Waals surface area contributed by atoms with Crippen LogP contribution in [0, 0.1) is 11.7 Å². The Morgan fingerprint density at radius 1 is 1.18 bits per heavy atom. The maximum atomic E-state index is 13.9. The second-order valence-corrected chi connectivity index (χ2v) is 13.4.